The van der Waals surface area contributed by atoms with Gasteiger partial charge in [-0.1, -0.05) is 0 Å². The van der Waals surface area contributed by atoms with Crippen LogP contribution in [0.4, 0.5) is 0 Å². The zero-order valence-electron chi connectivity index (χ0n) is 17.2. The van der Waals surface area contributed by atoms with Crippen molar-refractivity contribution in [2.75, 3.05) is 0 Å². The van der Waals surface area contributed by atoms with E-state index in [1.807, 2.05) is 0 Å². The number of hydrogen-bond donors (Lipinski definition) is 4. The molecule has 2 aliphatic rings. The van der Waals surface area contributed by atoms with E-state index in [4.69, 9.17) is 8.83 Å². The minimum Gasteiger partial charge on any atom is -0.405 e. The Morgan fingerprint density at radius 1 is 0.485 bits per heavy atom. The minimum absolute atomic E-state index is 0.0237. The smallest absolute Gasteiger partial charge is 0.340 e. The summed E-state index contributed by atoms with van der Waals surface area (Å²) in [6.07, 6.45) is 5.30. The predicted octanol–water partition coefficient (Wildman–Crippen LogP) is -0.293. The number of rotatable bonds is 0. The zero-order valence-corrected chi connectivity index (χ0v) is 17.2. The lowest BCUT2D eigenvalue weighted by Gasteiger charge is -2.14. The molecule has 0 saturated carbocycles. The highest BCUT2D eigenvalue weighted by Gasteiger charge is 2.22. The largest absolute Gasteiger partial charge is 0.405 e. The molecule has 12 nitrogen and oxygen atoms in total. The standard InChI is InChI=1S/C11H10N2O4.C10H8N2O4/c14-8-7-5-3-1-2-4-6(5)10(15)17-9(7)13-11(16)12-8;13-7-6-4-2-1-3-5(4)9(14)16-8(6)12-10(15)11-7/h1-4H2,(H2,12,13,14,16);1-3H2,(H2,11,12,13,15). The van der Waals surface area contributed by atoms with Crippen molar-refractivity contribution in [2.24, 2.45) is 0 Å². The van der Waals surface area contributed by atoms with Crippen LogP contribution in [-0.4, -0.2) is 19.9 Å². The molecule has 4 heterocycles. The number of fused-ring (bicyclic) bond motifs is 6. The summed E-state index contributed by atoms with van der Waals surface area (Å²) in [6.45, 7) is 0. The lowest BCUT2D eigenvalue weighted by atomic mass is 9.92. The number of aromatic nitrogens is 4. The van der Waals surface area contributed by atoms with Crippen molar-refractivity contribution < 1.29 is 8.83 Å². The molecule has 2 aliphatic carbocycles. The van der Waals surface area contributed by atoms with E-state index in [2.05, 4.69) is 19.9 Å². The third-order valence-corrected chi connectivity index (χ3v) is 5.99. The molecule has 0 aromatic carbocycles. The van der Waals surface area contributed by atoms with Gasteiger partial charge < -0.3 is 8.83 Å². The van der Waals surface area contributed by atoms with Crippen molar-refractivity contribution in [3.8, 4) is 0 Å². The normalized spacial score (nSPS) is 14.5. The molecule has 6 rings (SSSR count). The van der Waals surface area contributed by atoms with Gasteiger partial charge >= 0.3 is 22.6 Å². The summed E-state index contributed by atoms with van der Waals surface area (Å²) < 4.78 is 9.93. The lowest BCUT2D eigenvalue weighted by Crippen LogP contribution is -2.26. The third-order valence-electron chi connectivity index (χ3n) is 5.99. The molecule has 170 valence electrons. The summed E-state index contributed by atoms with van der Waals surface area (Å²) in [5, 5.41) is 0.602. The maximum Gasteiger partial charge on any atom is 0.340 e. The molecule has 0 saturated heterocycles. The molecule has 4 aromatic rings. The Bertz CT molecular complexity index is 1780. The van der Waals surface area contributed by atoms with Crippen molar-refractivity contribution in [3.05, 3.63) is 84.8 Å². The number of hydrogen-bond acceptors (Lipinski definition) is 8. The average Bonchev–Trinajstić information content (AvgIpc) is 3.24. The van der Waals surface area contributed by atoms with Gasteiger partial charge in [0.05, 0.1) is 0 Å². The first-order valence-corrected chi connectivity index (χ1v) is 10.5. The second-order valence-electron chi connectivity index (χ2n) is 7.98. The van der Waals surface area contributed by atoms with Crippen LogP contribution in [0.1, 0.15) is 41.5 Å². The van der Waals surface area contributed by atoms with Gasteiger partial charge in [0.15, 0.2) is 0 Å². The Balaban J connectivity index is 0.000000139. The molecule has 0 atom stereocenters. The highest BCUT2D eigenvalue weighted by atomic mass is 16.4. The first-order chi connectivity index (χ1) is 15.8. The van der Waals surface area contributed by atoms with Gasteiger partial charge in [-0.3, -0.25) is 29.5 Å². The van der Waals surface area contributed by atoms with Gasteiger partial charge in [-0.15, -0.1) is 0 Å². The van der Waals surface area contributed by atoms with Crippen molar-refractivity contribution in [3.63, 3.8) is 0 Å². The van der Waals surface area contributed by atoms with Gasteiger partial charge in [-0.2, -0.15) is 0 Å². The molecular formula is C21H18N4O8. The first kappa shape index (κ1) is 20.7. The monoisotopic (exact) mass is 454 g/mol. The van der Waals surface area contributed by atoms with E-state index in [9.17, 15) is 28.8 Å². The van der Waals surface area contributed by atoms with Gasteiger partial charge in [-0.25, -0.2) is 19.2 Å². The summed E-state index contributed by atoms with van der Waals surface area (Å²) in [5.41, 5.74) is -0.722. The third kappa shape index (κ3) is 3.49. The van der Waals surface area contributed by atoms with Gasteiger partial charge in [0.2, 0.25) is 11.4 Å². The van der Waals surface area contributed by atoms with Crippen molar-refractivity contribution in [1.82, 2.24) is 19.9 Å². The van der Waals surface area contributed by atoms with Gasteiger partial charge in [-0.05, 0) is 56.1 Å². The Morgan fingerprint density at radius 2 is 0.879 bits per heavy atom. The molecule has 0 unspecified atom stereocenters. The Hall–Kier alpha value is -4.22. The van der Waals surface area contributed by atoms with Crippen LogP contribution in [0.15, 0.2) is 37.6 Å². The Kier molecular flexibility index (Phi) is 4.84. The topological polar surface area (TPSA) is 192 Å². The Morgan fingerprint density at radius 3 is 1.36 bits per heavy atom. The van der Waals surface area contributed by atoms with Crippen LogP contribution in [0, 0.1) is 0 Å². The molecule has 33 heavy (non-hydrogen) atoms. The maximum atomic E-state index is 11.7. The van der Waals surface area contributed by atoms with E-state index in [0.29, 0.717) is 53.1 Å². The number of H-pyrrole nitrogens is 4. The molecule has 0 bridgehead atoms. The average molecular weight is 454 g/mol. The second-order valence-corrected chi connectivity index (χ2v) is 7.98. The van der Waals surface area contributed by atoms with Crippen molar-refractivity contribution in [2.45, 2.75) is 44.9 Å². The van der Waals surface area contributed by atoms with Gasteiger partial charge in [0, 0.05) is 11.1 Å². The highest BCUT2D eigenvalue weighted by molar-refractivity contribution is 5.77. The van der Waals surface area contributed by atoms with E-state index in [1.54, 1.807) is 0 Å². The number of aromatic amines is 4. The van der Waals surface area contributed by atoms with E-state index in [0.717, 1.165) is 24.8 Å². The van der Waals surface area contributed by atoms with E-state index < -0.39 is 33.7 Å². The van der Waals surface area contributed by atoms with Gasteiger partial charge in [0.1, 0.15) is 10.8 Å². The predicted molar refractivity (Wildman–Crippen MR) is 116 cm³/mol. The molecule has 4 aromatic heterocycles. The van der Waals surface area contributed by atoms with E-state index >= 15 is 0 Å². The molecule has 0 amide bonds. The fourth-order valence-corrected chi connectivity index (χ4v) is 4.59. The summed E-state index contributed by atoms with van der Waals surface area (Å²) >= 11 is 0. The molecular weight excluding hydrogens is 436 g/mol. The van der Waals surface area contributed by atoms with Crippen molar-refractivity contribution in [1.29, 1.82) is 0 Å². The molecule has 12 heteroatoms. The minimum atomic E-state index is -0.668. The van der Waals surface area contributed by atoms with E-state index in [-0.39, 0.29) is 11.4 Å². The van der Waals surface area contributed by atoms with Gasteiger partial charge in [0.25, 0.3) is 11.1 Å². The zero-order chi connectivity index (χ0) is 23.3. The second kappa shape index (κ2) is 7.73. The molecule has 0 aliphatic heterocycles. The van der Waals surface area contributed by atoms with Crippen LogP contribution in [0.2, 0.25) is 0 Å². The summed E-state index contributed by atoms with van der Waals surface area (Å²) in [7, 11) is 0. The van der Waals surface area contributed by atoms with Crippen LogP contribution in [0.5, 0.6) is 0 Å². The summed E-state index contributed by atoms with van der Waals surface area (Å²) in [4.78, 5) is 77.7. The molecule has 4 N–H and O–H groups in total. The fourth-order valence-electron chi connectivity index (χ4n) is 4.59. The van der Waals surface area contributed by atoms with Crippen LogP contribution in [-0.2, 0) is 25.7 Å². The quantitative estimate of drug-likeness (QED) is 0.278. The number of nitrogens with one attached hydrogen (secondary N) is 4. The maximum absolute atomic E-state index is 11.7. The highest BCUT2D eigenvalue weighted by Crippen LogP contribution is 2.24. The SMILES string of the molecule is O=c1[nH]c(=O)c2c3c(c(=O)oc2[nH]1)CCC3.O=c1[nH]c(=O)c2c3c(c(=O)oc2[nH]1)CCCC3. The summed E-state index contributed by atoms with van der Waals surface area (Å²) in [6, 6.07) is 0. The molecule has 0 fully saturated rings. The van der Waals surface area contributed by atoms with Crippen molar-refractivity contribution >= 4 is 22.2 Å². The fraction of sp³-hybridized carbons (Fsp3) is 0.333. The van der Waals surface area contributed by atoms with Crippen LogP contribution in [0.25, 0.3) is 22.2 Å². The summed E-state index contributed by atoms with van der Waals surface area (Å²) in [5.74, 6) is 0. The van der Waals surface area contributed by atoms with Crippen LogP contribution < -0.4 is 33.7 Å². The lowest BCUT2D eigenvalue weighted by molar-refractivity contribution is 0.521. The number of aryl methyl sites for hydroxylation is 2. The molecule has 0 radical (unpaired) electrons. The Labute approximate surface area is 181 Å². The van der Waals surface area contributed by atoms with Crippen LogP contribution in [0.3, 0.4) is 0 Å². The first-order valence-electron chi connectivity index (χ1n) is 10.5. The molecule has 0 spiro atoms. The van der Waals surface area contributed by atoms with E-state index in [1.165, 1.54) is 0 Å². The van der Waals surface area contributed by atoms with Crippen LogP contribution >= 0.6 is 0 Å².